The summed E-state index contributed by atoms with van der Waals surface area (Å²) in [7, 11) is -6.00. The highest BCUT2D eigenvalue weighted by Gasteiger charge is 2.44. The van der Waals surface area contributed by atoms with Gasteiger partial charge in [0.2, 0.25) is 6.33 Å². The molecule has 0 N–H and O–H groups in total. The van der Waals surface area contributed by atoms with Crippen LogP contribution in [0.15, 0.2) is 48.8 Å². The van der Waals surface area contributed by atoms with Crippen molar-refractivity contribution in [3.05, 3.63) is 76.9 Å². The lowest BCUT2D eigenvalue weighted by Gasteiger charge is -2.23. The number of halogens is 10. The summed E-state index contributed by atoms with van der Waals surface area (Å²) in [5.41, 5.74) is -0.980. The fraction of sp³-hybridized carbons (Fsp3) is 0.300. The highest BCUT2D eigenvalue weighted by atomic mass is 19.5. The van der Waals surface area contributed by atoms with Gasteiger partial charge < -0.3 is 22.0 Å². The lowest BCUT2D eigenvalue weighted by atomic mass is 10.1. The molecule has 0 amide bonds. The Kier molecular flexibility index (Phi) is 6.10. The normalized spacial score (nSPS) is 19.4. The number of nitrogens with zero attached hydrogens (tertiary/aromatic N) is 3. The van der Waals surface area contributed by atoms with E-state index in [0.29, 0.717) is 24.4 Å². The zero-order valence-electron chi connectivity index (χ0n) is 17.3. The Morgan fingerprint density at radius 3 is 2.06 bits per heavy atom. The van der Waals surface area contributed by atoms with Gasteiger partial charge >= 0.3 is 25.4 Å². The second-order valence-corrected chi connectivity index (χ2v) is 7.84. The highest BCUT2D eigenvalue weighted by Crippen LogP contribution is 2.38. The average Bonchev–Trinajstić information content (AvgIpc) is 3.32. The number of aromatic nitrogens is 3. The van der Waals surface area contributed by atoms with E-state index < -0.39 is 30.7 Å². The van der Waals surface area contributed by atoms with Crippen LogP contribution in [0.5, 0.6) is 0 Å². The van der Waals surface area contributed by atoms with Crippen LogP contribution in [0.1, 0.15) is 34.1 Å². The van der Waals surface area contributed by atoms with E-state index in [1.165, 1.54) is 6.33 Å². The Morgan fingerprint density at radius 2 is 1.49 bits per heavy atom. The van der Waals surface area contributed by atoms with Crippen molar-refractivity contribution in [2.45, 2.75) is 37.5 Å². The van der Waals surface area contributed by atoms with Crippen LogP contribution in [0.2, 0.25) is 0 Å². The molecule has 35 heavy (non-hydrogen) atoms. The summed E-state index contributed by atoms with van der Waals surface area (Å²) in [6.45, 7) is 0.118. The number of benzene rings is 2. The first kappa shape index (κ1) is 25.0. The fourth-order valence-electron chi connectivity index (χ4n) is 4.12. The van der Waals surface area contributed by atoms with Gasteiger partial charge in [-0.3, -0.25) is 0 Å². The Labute approximate surface area is 190 Å². The first-order valence-corrected chi connectivity index (χ1v) is 9.97. The fourth-order valence-corrected chi connectivity index (χ4v) is 4.12. The molecule has 1 aliphatic carbocycles. The largest absolute Gasteiger partial charge is 0.673 e. The van der Waals surface area contributed by atoms with Gasteiger partial charge in [0.25, 0.3) is 0 Å². The van der Waals surface area contributed by atoms with Gasteiger partial charge in [-0.25, -0.2) is 4.57 Å². The number of hydrogen-bond donors (Lipinski definition) is 0. The van der Waals surface area contributed by atoms with E-state index in [-0.39, 0.29) is 30.5 Å². The zero-order chi connectivity index (χ0) is 25.8. The van der Waals surface area contributed by atoms with Crippen molar-refractivity contribution in [3.8, 4) is 5.69 Å². The topological polar surface area (TPSA) is 30.9 Å². The van der Waals surface area contributed by atoms with Gasteiger partial charge in [0.15, 0.2) is 0 Å². The van der Waals surface area contributed by atoms with E-state index in [9.17, 15) is 43.6 Å². The van der Waals surface area contributed by atoms with Gasteiger partial charge in [-0.15, -0.1) is 0 Å². The van der Waals surface area contributed by atoms with Crippen molar-refractivity contribution in [2.24, 2.45) is 0 Å². The molecule has 15 heteroatoms. The molecule has 3 aromatic rings. The molecule has 2 aliphatic rings. The second-order valence-electron chi connectivity index (χ2n) is 7.84. The van der Waals surface area contributed by atoms with E-state index in [2.05, 4.69) is 5.10 Å². The number of rotatable bonds is 1. The van der Waals surface area contributed by atoms with Gasteiger partial charge in [0, 0.05) is 11.5 Å². The van der Waals surface area contributed by atoms with Crippen molar-refractivity contribution in [1.82, 2.24) is 9.78 Å². The maximum Gasteiger partial charge on any atom is 0.673 e. The molecule has 1 aromatic heterocycles. The first-order valence-electron chi connectivity index (χ1n) is 9.97. The Hall–Kier alpha value is -3.10. The summed E-state index contributed by atoms with van der Waals surface area (Å²) in [5, 5.41) is 4.22. The minimum atomic E-state index is -6.00. The van der Waals surface area contributed by atoms with Crippen LogP contribution >= 0.6 is 0 Å². The van der Waals surface area contributed by atoms with Crippen molar-refractivity contribution < 1.29 is 52.9 Å². The molecular weight excluding hydrogens is 499 g/mol. The molecule has 4 nitrogen and oxygen atoms in total. The van der Waals surface area contributed by atoms with E-state index in [0.717, 1.165) is 15.8 Å². The van der Waals surface area contributed by atoms with Crippen molar-refractivity contribution in [1.29, 1.82) is 0 Å². The third-order valence-corrected chi connectivity index (χ3v) is 5.47. The molecule has 1 aliphatic heterocycles. The maximum atomic E-state index is 13.2. The molecular formula is C20H14BF10N3O. The number of ether oxygens (including phenoxy) is 1. The molecule has 0 radical (unpaired) electrons. The molecule has 2 heterocycles. The van der Waals surface area contributed by atoms with E-state index in [1.807, 2.05) is 24.3 Å². The number of alkyl halides is 6. The molecule has 0 bridgehead atoms. The molecule has 0 fully saturated rings. The summed E-state index contributed by atoms with van der Waals surface area (Å²) in [6, 6.07) is 8.90. The summed E-state index contributed by atoms with van der Waals surface area (Å²) < 4.78 is 127. The predicted molar refractivity (Wildman–Crippen MR) is 101 cm³/mol. The lowest BCUT2D eigenvalue weighted by molar-refractivity contribution is -0.739. The lowest BCUT2D eigenvalue weighted by Crippen LogP contribution is -2.51. The number of hydrogen-bond acceptors (Lipinski definition) is 2. The van der Waals surface area contributed by atoms with Gasteiger partial charge in [0.05, 0.1) is 11.1 Å². The van der Waals surface area contributed by atoms with Crippen LogP contribution in [0, 0.1) is 0 Å². The van der Waals surface area contributed by atoms with Crippen molar-refractivity contribution in [2.75, 3.05) is 0 Å². The van der Waals surface area contributed by atoms with Crippen LogP contribution < -0.4 is 4.57 Å². The zero-order valence-corrected chi connectivity index (χ0v) is 17.3. The Morgan fingerprint density at radius 1 is 0.914 bits per heavy atom. The summed E-state index contributed by atoms with van der Waals surface area (Å²) in [5.74, 6) is 0.430. The Balaban J connectivity index is 0.000000527. The summed E-state index contributed by atoms with van der Waals surface area (Å²) in [6.07, 6.45) is -7.89. The highest BCUT2D eigenvalue weighted by molar-refractivity contribution is 6.50. The SMILES string of the molecule is FC(F)(F)c1cc(-n2c[n+]3c(n2)COC2Cc4ccccc4C23)cc(C(F)(F)F)c1.F[B-](F)(F)F. The van der Waals surface area contributed by atoms with Crippen LogP contribution in [0.4, 0.5) is 43.6 Å². The third-order valence-electron chi connectivity index (χ3n) is 5.47. The van der Waals surface area contributed by atoms with Crippen LogP contribution in [-0.4, -0.2) is 23.1 Å². The summed E-state index contributed by atoms with van der Waals surface area (Å²) >= 11 is 0. The smallest absolute Gasteiger partial charge is 0.418 e. The molecule has 5 rings (SSSR count). The molecule has 0 saturated carbocycles. The van der Waals surface area contributed by atoms with Gasteiger partial charge in [-0.2, -0.15) is 26.3 Å². The molecule has 0 spiro atoms. The quantitative estimate of drug-likeness (QED) is 0.243. The van der Waals surface area contributed by atoms with Gasteiger partial charge in [0.1, 0.15) is 24.4 Å². The first-order chi connectivity index (χ1) is 16.1. The summed E-state index contributed by atoms with van der Waals surface area (Å²) in [4.78, 5) is 0. The van der Waals surface area contributed by atoms with Crippen molar-refractivity contribution in [3.63, 3.8) is 0 Å². The van der Waals surface area contributed by atoms with Crippen LogP contribution in [0.3, 0.4) is 0 Å². The van der Waals surface area contributed by atoms with Gasteiger partial charge in [-0.05, 0) is 29.3 Å². The van der Waals surface area contributed by atoms with E-state index in [4.69, 9.17) is 4.74 Å². The molecule has 188 valence electrons. The average molecular weight is 513 g/mol. The molecule has 2 atom stereocenters. The van der Waals surface area contributed by atoms with Gasteiger partial charge in [-0.1, -0.05) is 28.9 Å². The minimum absolute atomic E-state index is 0.104. The van der Waals surface area contributed by atoms with Crippen LogP contribution in [-0.2, 0) is 30.1 Å². The Bertz CT molecular complexity index is 1200. The van der Waals surface area contributed by atoms with Crippen LogP contribution in [0.25, 0.3) is 5.69 Å². The van der Waals surface area contributed by atoms with E-state index >= 15 is 0 Å². The monoisotopic (exact) mass is 513 g/mol. The third kappa shape index (κ3) is 5.44. The standard InChI is InChI=1S/C20H14F6N3O.BF4/c21-19(22,23)12-6-13(20(24,25)26)8-14(7-12)29-10-28-17(27-29)9-30-16-5-11-3-1-2-4-15(11)18(16)28;2-1(3,4)5/h1-4,6-8,10,16,18H,5,9H2;/q+1;-1. The van der Waals surface area contributed by atoms with Crippen molar-refractivity contribution >= 4 is 7.25 Å². The number of fused-ring (bicyclic) bond motifs is 5. The molecule has 2 aromatic carbocycles. The van der Waals surface area contributed by atoms with E-state index in [1.54, 1.807) is 4.57 Å². The maximum absolute atomic E-state index is 13.2. The second kappa shape index (κ2) is 8.54. The molecule has 0 saturated heterocycles. The minimum Gasteiger partial charge on any atom is -0.418 e. The molecule has 2 unspecified atom stereocenters. The predicted octanol–water partition coefficient (Wildman–Crippen LogP) is 5.54.